The van der Waals surface area contributed by atoms with Crippen LogP contribution in [0, 0.1) is 0 Å². The van der Waals surface area contributed by atoms with E-state index in [1.807, 2.05) is 17.0 Å². The van der Waals surface area contributed by atoms with E-state index >= 15 is 0 Å². The van der Waals surface area contributed by atoms with Gasteiger partial charge in [0.1, 0.15) is 0 Å². The number of ether oxygens (including phenoxy) is 1. The number of hydrogen-bond acceptors (Lipinski definition) is 7. The fourth-order valence-electron chi connectivity index (χ4n) is 5.18. The molecule has 1 N–H and O–H groups in total. The van der Waals surface area contributed by atoms with E-state index in [0.29, 0.717) is 24.3 Å². The third-order valence-corrected chi connectivity index (χ3v) is 7.16. The number of aromatic nitrogens is 3. The Balaban J connectivity index is 1.42. The molecule has 0 bridgehead atoms. The summed E-state index contributed by atoms with van der Waals surface area (Å²) >= 11 is 1.04. The van der Waals surface area contributed by atoms with Crippen LogP contribution in [0.25, 0.3) is 0 Å². The van der Waals surface area contributed by atoms with Crippen molar-refractivity contribution in [2.45, 2.75) is 30.4 Å². The number of fused-ring (bicyclic) bond motifs is 2. The molecule has 2 amide bonds. The molecular weight excluding hydrogens is 426 g/mol. The van der Waals surface area contributed by atoms with Gasteiger partial charge in [0.25, 0.3) is 11.8 Å². The highest BCUT2D eigenvalue weighted by molar-refractivity contribution is 6.99. The molecular formula is C23H23N5O3S. The standard InChI is InChI=1S/C23H23N5O3S/c1-31-20-19(26-21(29)15-6-10-24-11-7-15)16-4-2-3-5-17(16)23(20)8-12-28(13-9-23)22(30)18-14-25-32-27-18/h2-7,10-11,14,19-20H,8-9,12-13H2,1H3,(H,26,29)/t19-,20+/m0/s1. The summed E-state index contributed by atoms with van der Waals surface area (Å²) in [5, 5.41) is 3.19. The van der Waals surface area contributed by atoms with Gasteiger partial charge in [0.05, 0.1) is 30.1 Å². The van der Waals surface area contributed by atoms with Gasteiger partial charge in [0.15, 0.2) is 5.69 Å². The van der Waals surface area contributed by atoms with Crippen molar-refractivity contribution in [2.24, 2.45) is 0 Å². The first-order chi connectivity index (χ1) is 15.6. The Morgan fingerprint density at radius 3 is 2.59 bits per heavy atom. The predicted octanol–water partition coefficient (Wildman–Crippen LogP) is 2.61. The molecule has 2 atom stereocenters. The monoisotopic (exact) mass is 449 g/mol. The first-order valence-electron chi connectivity index (χ1n) is 10.5. The molecule has 3 aromatic rings. The zero-order chi connectivity index (χ0) is 22.1. The molecule has 1 aliphatic heterocycles. The summed E-state index contributed by atoms with van der Waals surface area (Å²) in [4.78, 5) is 31.5. The third kappa shape index (κ3) is 3.37. The van der Waals surface area contributed by atoms with Crippen molar-refractivity contribution in [3.05, 3.63) is 77.4 Å². The molecule has 0 radical (unpaired) electrons. The number of hydrogen-bond donors (Lipinski definition) is 1. The van der Waals surface area contributed by atoms with E-state index in [1.54, 1.807) is 31.6 Å². The van der Waals surface area contributed by atoms with Crippen LogP contribution in [0.15, 0.2) is 55.0 Å². The van der Waals surface area contributed by atoms with E-state index in [1.165, 1.54) is 11.8 Å². The lowest BCUT2D eigenvalue weighted by atomic mass is 9.72. The molecule has 1 aromatic carbocycles. The molecule has 2 aromatic heterocycles. The summed E-state index contributed by atoms with van der Waals surface area (Å²) in [6.07, 6.45) is 5.99. The van der Waals surface area contributed by atoms with Crippen molar-refractivity contribution >= 4 is 23.5 Å². The van der Waals surface area contributed by atoms with Crippen molar-refractivity contribution in [3.8, 4) is 0 Å². The van der Waals surface area contributed by atoms with Crippen molar-refractivity contribution in [2.75, 3.05) is 20.2 Å². The lowest BCUT2D eigenvalue weighted by molar-refractivity contribution is -0.00935. The molecule has 9 heteroatoms. The molecule has 0 unspecified atom stereocenters. The maximum atomic E-state index is 13.0. The number of methoxy groups -OCH3 is 1. The number of nitrogens with zero attached hydrogens (tertiary/aromatic N) is 4. The number of piperidine rings is 1. The molecule has 164 valence electrons. The minimum Gasteiger partial charge on any atom is -0.378 e. The minimum atomic E-state index is -0.279. The third-order valence-electron chi connectivity index (χ3n) is 6.69. The molecule has 1 aliphatic carbocycles. The van der Waals surface area contributed by atoms with E-state index in [4.69, 9.17) is 4.74 Å². The van der Waals surface area contributed by atoms with Gasteiger partial charge in [-0.1, -0.05) is 24.3 Å². The summed E-state index contributed by atoms with van der Waals surface area (Å²) in [6, 6.07) is 11.3. The van der Waals surface area contributed by atoms with Crippen molar-refractivity contribution in [3.63, 3.8) is 0 Å². The molecule has 2 aliphatic rings. The zero-order valence-corrected chi connectivity index (χ0v) is 18.4. The van der Waals surface area contributed by atoms with Crippen molar-refractivity contribution < 1.29 is 14.3 Å². The van der Waals surface area contributed by atoms with Gasteiger partial charge < -0.3 is 15.0 Å². The Morgan fingerprint density at radius 2 is 1.91 bits per heavy atom. The van der Waals surface area contributed by atoms with Crippen LogP contribution in [-0.2, 0) is 10.2 Å². The minimum absolute atomic E-state index is 0.0867. The number of pyridine rings is 1. The largest absolute Gasteiger partial charge is 0.378 e. The fourth-order valence-corrected chi connectivity index (χ4v) is 5.59. The summed E-state index contributed by atoms with van der Waals surface area (Å²) < 4.78 is 14.1. The molecule has 8 nitrogen and oxygen atoms in total. The van der Waals surface area contributed by atoms with E-state index in [2.05, 4.69) is 31.2 Å². The molecule has 5 rings (SSSR count). The second kappa shape index (κ2) is 8.40. The second-order valence-electron chi connectivity index (χ2n) is 8.17. The van der Waals surface area contributed by atoms with Gasteiger partial charge in [0.2, 0.25) is 0 Å². The van der Waals surface area contributed by atoms with Gasteiger partial charge in [-0.05, 0) is 36.1 Å². The number of nitrogens with one attached hydrogen (secondary N) is 1. The number of benzene rings is 1. The van der Waals surface area contributed by atoms with Crippen LogP contribution in [0.1, 0.15) is 50.9 Å². The summed E-state index contributed by atoms with van der Waals surface area (Å²) in [5.74, 6) is -0.244. The Morgan fingerprint density at radius 1 is 1.16 bits per heavy atom. The van der Waals surface area contributed by atoms with Crippen LogP contribution in [0.3, 0.4) is 0 Å². The summed E-state index contributed by atoms with van der Waals surface area (Å²) in [5.41, 5.74) is 2.94. The normalized spacial score (nSPS) is 21.3. The van der Waals surface area contributed by atoms with Gasteiger partial charge in [-0.2, -0.15) is 8.75 Å². The van der Waals surface area contributed by atoms with Gasteiger partial charge in [-0.25, -0.2) is 0 Å². The first kappa shape index (κ1) is 20.7. The number of amides is 2. The maximum absolute atomic E-state index is 13.0. The molecule has 1 saturated heterocycles. The Hall–Kier alpha value is -3.17. The SMILES string of the molecule is CO[C@@H]1[C@@H](NC(=O)c2ccncc2)c2ccccc2C12CCN(C(=O)c1cnsn1)CC2. The van der Waals surface area contributed by atoms with E-state index in [0.717, 1.165) is 30.1 Å². The van der Waals surface area contributed by atoms with Crippen LogP contribution in [0.5, 0.6) is 0 Å². The van der Waals surface area contributed by atoms with Gasteiger partial charge in [-0.15, -0.1) is 0 Å². The first-order valence-corrected chi connectivity index (χ1v) is 11.3. The highest BCUT2D eigenvalue weighted by Crippen LogP contribution is 2.52. The molecule has 1 spiro atoms. The van der Waals surface area contributed by atoms with Crippen molar-refractivity contribution in [1.82, 2.24) is 23.9 Å². The second-order valence-corrected chi connectivity index (χ2v) is 8.73. The number of carbonyl (C=O) groups is 2. The van der Waals surface area contributed by atoms with Gasteiger partial charge in [0, 0.05) is 43.6 Å². The van der Waals surface area contributed by atoms with Crippen LogP contribution in [0.4, 0.5) is 0 Å². The van der Waals surface area contributed by atoms with Crippen LogP contribution < -0.4 is 5.32 Å². The van der Waals surface area contributed by atoms with Crippen molar-refractivity contribution in [1.29, 1.82) is 0 Å². The van der Waals surface area contributed by atoms with Crippen LogP contribution in [0.2, 0.25) is 0 Å². The lowest BCUT2D eigenvalue weighted by Gasteiger charge is -2.44. The number of rotatable bonds is 4. The Kier molecular flexibility index (Phi) is 5.44. The lowest BCUT2D eigenvalue weighted by Crippen LogP contribution is -2.51. The smallest absolute Gasteiger partial charge is 0.275 e. The molecule has 3 heterocycles. The summed E-state index contributed by atoms with van der Waals surface area (Å²) in [7, 11) is 1.70. The number of likely N-dealkylation sites (tertiary alicyclic amines) is 1. The highest BCUT2D eigenvalue weighted by Gasteiger charge is 2.54. The van der Waals surface area contributed by atoms with Gasteiger partial charge >= 0.3 is 0 Å². The van der Waals surface area contributed by atoms with Crippen LogP contribution >= 0.6 is 11.7 Å². The van der Waals surface area contributed by atoms with E-state index in [-0.39, 0.29) is 29.4 Å². The Labute approximate surface area is 190 Å². The number of carbonyl (C=O) groups excluding carboxylic acids is 2. The Bertz CT molecular complexity index is 1110. The zero-order valence-electron chi connectivity index (χ0n) is 17.6. The average Bonchev–Trinajstić information content (AvgIpc) is 3.46. The molecule has 0 saturated carbocycles. The average molecular weight is 450 g/mol. The van der Waals surface area contributed by atoms with Gasteiger partial charge in [-0.3, -0.25) is 14.6 Å². The topological polar surface area (TPSA) is 97.3 Å². The van der Waals surface area contributed by atoms with E-state index in [9.17, 15) is 9.59 Å². The fraction of sp³-hybridized carbons (Fsp3) is 0.348. The highest BCUT2D eigenvalue weighted by atomic mass is 32.1. The summed E-state index contributed by atoms with van der Waals surface area (Å²) in [6.45, 7) is 1.19. The molecule has 32 heavy (non-hydrogen) atoms. The predicted molar refractivity (Wildman–Crippen MR) is 118 cm³/mol. The quantitative estimate of drug-likeness (QED) is 0.658. The maximum Gasteiger partial charge on any atom is 0.275 e. The van der Waals surface area contributed by atoms with E-state index < -0.39 is 0 Å². The van der Waals surface area contributed by atoms with Crippen LogP contribution in [-0.4, -0.2) is 56.7 Å². The molecule has 1 fully saturated rings.